The fourth-order valence-corrected chi connectivity index (χ4v) is 4.92. The molecule has 3 aromatic heterocycles. The Kier molecular flexibility index (Phi) is 5.90. The molecule has 5 rings (SSSR count). The van der Waals surface area contributed by atoms with Gasteiger partial charge in [-0.1, -0.05) is 42.7 Å². The van der Waals surface area contributed by atoms with Gasteiger partial charge in [0, 0.05) is 40.6 Å². The number of ketones is 1. The smallest absolute Gasteiger partial charge is 0.169 e. The van der Waals surface area contributed by atoms with E-state index in [0.29, 0.717) is 11.6 Å². The average Bonchev–Trinajstić information content (AvgIpc) is 3.26. The van der Waals surface area contributed by atoms with Gasteiger partial charge < -0.3 is 5.32 Å². The van der Waals surface area contributed by atoms with E-state index in [1.54, 1.807) is 23.6 Å². The van der Waals surface area contributed by atoms with Gasteiger partial charge in [-0.3, -0.25) is 9.78 Å². The van der Waals surface area contributed by atoms with Gasteiger partial charge in [-0.25, -0.2) is 4.98 Å². The van der Waals surface area contributed by atoms with Crippen molar-refractivity contribution in [3.63, 3.8) is 0 Å². The molecule has 1 fully saturated rings. The molecule has 1 N–H and O–H groups in total. The summed E-state index contributed by atoms with van der Waals surface area (Å²) in [7, 11) is 0. The third-order valence-corrected chi connectivity index (χ3v) is 6.82. The van der Waals surface area contributed by atoms with Crippen LogP contribution in [0.4, 0.5) is 5.82 Å². The molecule has 162 valence electrons. The summed E-state index contributed by atoms with van der Waals surface area (Å²) in [5.41, 5.74) is 2.45. The van der Waals surface area contributed by atoms with Gasteiger partial charge in [0.1, 0.15) is 15.8 Å². The van der Waals surface area contributed by atoms with Crippen molar-refractivity contribution in [2.24, 2.45) is 0 Å². The number of Topliss-reactive ketones (excluding diaryl/α,β-unsaturated/α-hetero) is 1. The van der Waals surface area contributed by atoms with Crippen molar-refractivity contribution in [2.75, 3.05) is 5.32 Å². The maximum absolute atomic E-state index is 13.0. The van der Waals surface area contributed by atoms with Crippen LogP contribution in [0, 0.1) is 6.92 Å². The number of benzene rings is 1. The summed E-state index contributed by atoms with van der Waals surface area (Å²) in [5.74, 6) is 0.827. The monoisotopic (exact) mass is 443 g/mol. The SMILES string of the molecule is Cc1nnc(-c2ccc3cnc(CC(=O)c4ccnc(NC5CCCCC5)c4)cc3c2)s1. The van der Waals surface area contributed by atoms with E-state index < -0.39 is 0 Å². The van der Waals surface area contributed by atoms with E-state index in [2.05, 4.69) is 31.5 Å². The number of hydrogen-bond donors (Lipinski definition) is 1. The molecule has 7 heteroatoms. The minimum Gasteiger partial charge on any atom is -0.367 e. The molecular weight excluding hydrogens is 418 g/mol. The molecule has 0 bridgehead atoms. The molecule has 1 aromatic carbocycles. The molecule has 3 heterocycles. The first-order valence-electron chi connectivity index (χ1n) is 11.1. The van der Waals surface area contributed by atoms with Crippen molar-refractivity contribution in [3.05, 3.63) is 65.1 Å². The normalized spacial score (nSPS) is 14.5. The molecule has 0 saturated heterocycles. The predicted molar refractivity (Wildman–Crippen MR) is 128 cm³/mol. The number of fused-ring (bicyclic) bond motifs is 1. The molecule has 4 aromatic rings. The molecule has 0 amide bonds. The molecular formula is C25H25N5OS. The van der Waals surface area contributed by atoms with Gasteiger partial charge in [0.2, 0.25) is 0 Å². The van der Waals surface area contributed by atoms with Crippen LogP contribution in [-0.4, -0.2) is 32.0 Å². The first kappa shape index (κ1) is 20.7. The number of pyridine rings is 2. The van der Waals surface area contributed by atoms with Gasteiger partial charge in [-0.05, 0) is 49.4 Å². The van der Waals surface area contributed by atoms with E-state index in [4.69, 9.17) is 0 Å². The second kappa shape index (κ2) is 9.12. The molecule has 6 nitrogen and oxygen atoms in total. The summed E-state index contributed by atoms with van der Waals surface area (Å²) in [6, 6.07) is 12.3. The van der Waals surface area contributed by atoms with Crippen molar-refractivity contribution in [1.82, 2.24) is 20.2 Å². The van der Waals surface area contributed by atoms with Crippen LogP contribution in [0.25, 0.3) is 21.3 Å². The van der Waals surface area contributed by atoms with Crippen LogP contribution in [0.3, 0.4) is 0 Å². The Hall–Kier alpha value is -3.19. The number of nitrogens with zero attached hydrogens (tertiary/aromatic N) is 4. The molecule has 32 heavy (non-hydrogen) atoms. The zero-order valence-electron chi connectivity index (χ0n) is 18.0. The molecule has 0 atom stereocenters. The topological polar surface area (TPSA) is 80.7 Å². The maximum Gasteiger partial charge on any atom is 0.169 e. The molecule has 0 aliphatic heterocycles. The van der Waals surface area contributed by atoms with Gasteiger partial charge in [0.15, 0.2) is 5.78 Å². The number of hydrogen-bond acceptors (Lipinski definition) is 7. The van der Waals surface area contributed by atoms with E-state index in [-0.39, 0.29) is 12.2 Å². The van der Waals surface area contributed by atoms with E-state index >= 15 is 0 Å². The van der Waals surface area contributed by atoms with Crippen LogP contribution in [0.15, 0.2) is 48.8 Å². The largest absolute Gasteiger partial charge is 0.367 e. The Morgan fingerprint density at radius 3 is 2.72 bits per heavy atom. The van der Waals surface area contributed by atoms with Gasteiger partial charge in [0.25, 0.3) is 0 Å². The van der Waals surface area contributed by atoms with Crippen LogP contribution in [-0.2, 0) is 6.42 Å². The lowest BCUT2D eigenvalue weighted by molar-refractivity contribution is 0.0992. The minimum absolute atomic E-state index is 0.0434. The highest BCUT2D eigenvalue weighted by molar-refractivity contribution is 7.14. The fraction of sp³-hybridized carbons (Fsp3) is 0.320. The van der Waals surface area contributed by atoms with Crippen LogP contribution >= 0.6 is 11.3 Å². The van der Waals surface area contributed by atoms with Crippen LogP contribution in [0.2, 0.25) is 0 Å². The lowest BCUT2D eigenvalue weighted by Gasteiger charge is -2.23. The highest BCUT2D eigenvalue weighted by atomic mass is 32.1. The van der Waals surface area contributed by atoms with Gasteiger partial charge >= 0.3 is 0 Å². The number of aromatic nitrogens is 4. The lowest BCUT2D eigenvalue weighted by Crippen LogP contribution is -2.23. The summed E-state index contributed by atoms with van der Waals surface area (Å²) >= 11 is 1.57. The van der Waals surface area contributed by atoms with Crippen molar-refractivity contribution in [1.29, 1.82) is 0 Å². The van der Waals surface area contributed by atoms with Crippen molar-refractivity contribution in [2.45, 2.75) is 51.5 Å². The Morgan fingerprint density at radius 1 is 1.03 bits per heavy atom. The Balaban J connectivity index is 1.33. The zero-order chi connectivity index (χ0) is 21.9. The first-order chi connectivity index (χ1) is 15.6. The number of anilines is 1. The minimum atomic E-state index is 0.0434. The summed E-state index contributed by atoms with van der Waals surface area (Å²) in [4.78, 5) is 21.9. The van der Waals surface area contributed by atoms with Crippen LogP contribution in [0.5, 0.6) is 0 Å². The van der Waals surface area contributed by atoms with E-state index in [0.717, 1.165) is 37.9 Å². The maximum atomic E-state index is 13.0. The predicted octanol–water partition coefficient (Wildman–Crippen LogP) is 5.63. The zero-order valence-corrected chi connectivity index (χ0v) is 18.9. The second-order valence-electron chi connectivity index (χ2n) is 8.37. The molecule has 1 saturated carbocycles. The molecule has 0 spiro atoms. The molecule has 0 unspecified atom stereocenters. The van der Waals surface area contributed by atoms with Gasteiger partial charge in [-0.2, -0.15) is 0 Å². The van der Waals surface area contributed by atoms with Gasteiger partial charge in [0.05, 0.1) is 6.42 Å². The van der Waals surface area contributed by atoms with E-state index in [1.807, 2.05) is 37.4 Å². The number of carbonyl (C=O) groups excluding carboxylic acids is 1. The second-order valence-corrected chi connectivity index (χ2v) is 9.55. The quantitative estimate of drug-likeness (QED) is 0.389. The molecule has 1 aliphatic carbocycles. The first-order valence-corrected chi connectivity index (χ1v) is 11.9. The number of carbonyl (C=O) groups is 1. The number of aryl methyl sites for hydroxylation is 1. The van der Waals surface area contributed by atoms with E-state index in [1.165, 1.54) is 32.1 Å². The van der Waals surface area contributed by atoms with E-state index in [9.17, 15) is 4.79 Å². The average molecular weight is 444 g/mol. The molecule has 1 aliphatic rings. The van der Waals surface area contributed by atoms with Crippen LogP contribution in [0.1, 0.15) is 53.2 Å². The Bertz CT molecular complexity index is 1260. The van der Waals surface area contributed by atoms with Crippen molar-refractivity contribution < 1.29 is 4.79 Å². The standard InChI is InChI=1S/C25H25N5OS/c1-16-29-30-25(32-16)18-7-8-19-15-27-22(12-20(19)11-18)14-23(31)17-9-10-26-24(13-17)28-21-5-3-2-4-6-21/h7-13,15,21H,2-6,14H2,1H3,(H,26,28). The van der Waals surface area contributed by atoms with Crippen LogP contribution < -0.4 is 5.32 Å². The summed E-state index contributed by atoms with van der Waals surface area (Å²) in [6.45, 7) is 1.95. The summed E-state index contributed by atoms with van der Waals surface area (Å²) in [5, 5.41) is 15.8. The third-order valence-electron chi connectivity index (χ3n) is 5.93. The third kappa shape index (κ3) is 4.67. The summed E-state index contributed by atoms with van der Waals surface area (Å²) < 4.78 is 0. The highest BCUT2D eigenvalue weighted by Crippen LogP contribution is 2.27. The summed E-state index contributed by atoms with van der Waals surface area (Å²) in [6.07, 6.45) is 9.95. The number of rotatable bonds is 6. The van der Waals surface area contributed by atoms with Crippen molar-refractivity contribution in [3.8, 4) is 10.6 Å². The Labute approximate surface area is 191 Å². The fourth-order valence-electron chi connectivity index (χ4n) is 4.24. The lowest BCUT2D eigenvalue weighted by atomic mass is 9.95. The Morgan fingerprint density at radius 2 is 1.91 bits per heavy atom. The number of nitrogens with one attached hydrogen (secondary N) is 1. The van der Waals surface area contributed by atoms with Crippen molar-refractivity contribution >= 4 is 33.7 Å². The molecule has 0 radical (unpaired) electrons. The van der Waals surface area contributed by atoms with Gasteiger partial charge in [-0.15, -0.1) is 10.2 Å². The highest BCUT2D eigenvalue weighted by Gasteiger charge is 2.15.